The van der Waals surface area contributed by atoms with Gasteiger partial charge in [-0.1, -0.05) is 18.2 Å². The van der Waals surface area contributed by atoms with Crippen LogP contribution in [0.25, 0.3) is 0 Å². The Bertz CT molecular complexity index is 596. The number of carbonyl (C=O) groups excluding carboxylic acids is 2. The van der Waals surface area contributed by atoms with E-state index in [2.05, 4.69) is 0 Å². The van der Waals surface area contributed by atoms with E-state index in [1.54, 1.807) is 12.1 Å². The van der Waals surface area contributed by atoms with Gasteiger partial charge in [-0.25, -0.2) is 4.79 Å². The van der Waals surface area contributed by atoms with E-state index in [0.29, 0.717) is 30.3 Å². The lowest BCUT2D eigenvalue weighted by atomic mass is 9.97. The molecule has 1 spiro atoms. The van der Waals surface area contributed by atoms with Crippen molar-refractivity contribution in [2.24, 2.45) is 17.3 Å². The van der Waals surface area contributed by atoms with Crippen LogP contribution in [0.4, 0.5) is 0 Å². The average Bonchev–Trinajstić information content (AvgIpc) is 2.81. The minimum absolute atomic E-state index is 0.132. The molecule has 1 aromatic rings. The van der Waals surface area contributed by atoms with Crippen LogP contribution in [0.15, 0.2) is 30.3 Å². The minimum atomic E-state index is -0.329. The van der Waals surface area contributed by atoms with Gasteiger partial charge in [0.1, 0.15) is 11.9 Å². The number of carbonyl (C=O) groups is 2. The summed E-state index contributed by atoms with van der Waals surface area (Å²) in [4.78, 5) is 24.1. The lowest BCUT2D eigenvalue weighted by Gasteiger charge is -2.22. The van der Waals surface area contributed by atoms with Crippen molar-refractivity contribution in [1.29, 1.82) is 0 Å². The van der Waals surface area contributed by atoms with Crippen LogP contribution < -0.4 is 0 Å². The van der Waals surface area contributed by atoms with Crippen molar-refractivity contribution in [1.82, 2.24) is 0 Å². The van der Waals surface area contributed by atoms with E-state index in [0.717, 1.165) is 6.42 Å². The maximum Gasteiger partial charge on any atom is 0.338 e. The normalized spacial score (nSPS) is 37.8. The predicted octanol–water partition coefficient (Wildman–Crippen LogP) is 2.23. The number of ether oxygens (including phenoxy) is 2. The summed E-state index contributed by atoms with van der Waals surface area (Å²) >= 11 is 0. The highest BCUT2D eigenvalue weighted by Crippen LogP contribution is 2.71. The zero-order chi connectivity index (χ0) is 14.6. The molecule has 3 aliphatic rings. The minimum Gasteiger partial charge on any atom is -0.456 e. The summed E-state index contributed by atoms with van der Waals surface area (Å²) in [6, 6.07) is 8.96. The molecule has 1 saturated heterocycles. The predicted molar refractivity (Wildman–Crippen MR) is 74.7 cm³/mol. The third-order valence-corrected chi connectivity index (χ3v) is 5.42. The highest BCUT2D eigenvalue weighted by atomic mass is 16.6. The molecule has 4 heteroatoms. The van der Waals surface area contributed by atoms with Crippen LogP contribution in [0, 0.1) is 17.3 Å². The summed E-state index contributed by atoms with van der Waals surface area (Å²) in [6.07, 6.45) is 1.21. The number of ketones is 1. The smallest absolute Gasteiger partial charge is 0.338 e. The Kier molecular flexibility index (Phi) is 2.73. The Labute approximate surface area is 123 Å². The number of hydrogen-bond acceptors (Lipinski definition) is 4. The third kappa shape index (κ3) is 1.72. The Morgan fingerprint density at radius 1 is 1.38 bits per heavy atom. The molecule has 4 rings (SSSR count). The number of fused-ring (bicyclic) bond motifs is 1. The summed E-state index contributed by atoms with van der Waals surface area (Å²) in [6.45, 7) is 2.38. The molecule has 0 aromatic heterocycles. The van der Waals surface area contributed by atoms with Gasteiger partial charge in [-0.3, -0.25) is 4.79 Å². The molecule has 4 nitrogen and oxygen atoms in total. The summed E-state index contributed by atoms with van der Waals surface area (Å²) in [5.41, 5.74) is 0.321. The maximum absolute atomic E-state index is 12.1. The first-order valence-corrected chi connectivity index (χ1v) is 7.55. The molecule has 0 unspecified atom stereocenters. The van der Waals surface area contributed by atoms with Gasteiger partial charge in [-0.05, 0) is 31.4 Å². The van der Waals surface area contributed by atoms with Crippen LogP contribution in [0.2, 0.25) is 0 Å². The average molecular weight is 286 g/mol. The van der Waals surface area contributed by atoms with Gasteiger partial charge >= 0.3 is 5.97 Å². The fraction of sp³-hybridized carbons (Fsp3) is 0.529. The quantitative estimate of drug-likeness (QED) is 0.800. The first-order valence-electron chi connectivity index (χ1n) is 7.55. The second-order valence-electron chi connectivity index (χ2n) is 6.39. The maximum atomic E-state index is 12.1. The Balaban J connectivity index is 1.44. The van der Waals surface area contributed by atoms with Gasteiger partial charge in [0.05, 0.1) is 23.7 Å². The van der Waals surface area contributed by atoms with Crippen LogP contribution in [0.5, 0.6) is 0 Å². The van der Waals surface area contributed by atoms with Gasteiger partial charge in [0.15, 0.2) is 0 Å². The number of rotatable bonds is 3. The van der Waals surface area contributed by atoms with Crippen molar-refractivity contribution in [2.75, 3.05) is 6.61 Å². The largest absolute Gasteiger partial charge is 0.456 e. The van der Waals surface area contributed by atoms with Gasteiger partial charge in [0.25, 0.3) is 0 Å². The van der Waals surface area contributed by atoms with Crippen molar-refractivity contribution in [2.45, 2.75) is 32.0 Å². The van der Waals surface area contributed by atoms with E-state index in [9.17, 15) is 9.59 Å². The van der Waals surface area contributed by atoms with Crippen molar-refractivity contribution in [3.8, 4) is 0 Å². The Morgan fingerprint density at radius 3 is 2.86 bits per heavy atom. The summed E-state index contributed by atoms with van der Waals surface area (Å²) < 4.78 is 11.3. The van der Waals surface area contributed by atoms with E-state index >= 15 is 0 Å². The van der Waals surface area contributed by atoms with E-state index in [-0.39, 0.29) is 29.5 Å². The van der Waals surface area contributed by atoms with E-state index < -0.39 is 0 Å². The number of esters is 1. The molecule has 1 aliphatic heterocycles. The van der Waals surface area contributed by atoms with E-state index in [1.165, 1.54) is 0 Å². The molecule has 0 amide bonds. The van der Waals surface area contributed by atoms with Crippen molar-refractivity contribution >= 4 is 11.8 Å². The molecule has 0 N–H and O–H groups in total. The third-order valence-electron chi connectivity index (χ3n) is 5.42. The lowest BCUT2D eigenvalue weighted by Crippen LogP contribution is -2.31. The molecule has 21 heavy (non-hydrogen) atoms. The molecule has 2 saturated carbocycles. The van der Waals surface area contributed by atoms with Gasteiger partial charge < -0.3 is 9.47 Å². The lowest BCUT2D eigenvalue weighted by molar-refractivity contribution is -0.123. The van der Waals surface area contributed by atoms with Gasteiger partial charge in [-0.2, -0.15) is 0 Å². The van der Waals surface area contributed by atoms with Crippen molar-refractivity contribution in [3.63, 3.8) is 0 Å². The second-order valence-corrected chi connectivity index (χ2v) is 6.39. The second kappa shape index (κ2) is 4.41. The molecule has 3 fully saturated rings. The van der Waals surface area contributed by atoms with Crippen LogP contribution in [0.1, 0.15) is 30.1 Å². The zero-order valence-corrected chi connectivity index (χ0v) is 12.0. The van der Waals surface area contributed by atoms with Crippen LogP contribution in [0.3, 0.4) is 0 Å². The fourth-order valence-corrected chi connectivity index (χ4v) is 4.35. The first kappa shape index (κ1) is 13.0. The molecule has 1 aromatic carbocycles. The fourth-order valence-electron chi connectivity index (χ4n) is 4.35. The van der Waals surface area contributed by atoms with Crippen molar-refractivity contribution < 1.29 is 19.1 Å². The first-order chi connectivity index (χ1) is 10.1. The highest BCUT2D eigenvalue weighted by Gasteiger charge is 2.78. The highest BCUT2D eigenvalue weighted by molar-refractivity contribution is 5.92. The molecule has 110 valence electrons. The molecule has 0 radical (unpaired) electrons. The monoisotopic (exact) mass is 286 g/mol. The van der Waals surface area contributed by atoms with Gasteiger partial charge in [-0.15, -0.1) is 0 Å². The Hall–Kier alpha value is -1.68. The summed E-state index contributed by atoms with van der Waals surface area (Å²) in [5.74, 6) is 0.741. The topological polar surface area (TPSA) is 52.6 Å². The molecule has 5 atom stereocenters. The van der Waals surface area contributed by atoms with E-state index in [4.69, 9.17) is 9.47 Å². The number of benzene rings is 1. The molecule has 1 heterocycles. The van der Waals surface area contributed by atoms with Crippen LogP contribution in [-0.2, 0) is 14.3 Å². The zero-order valence-electron chi connectivity index (χ0n) is 12.0. The SMILES string of the molecule is C[C@H](OC(=O)c1ccccc1)[C@H]1OC[C@@]23C(=O)CC[C@@H]2[C@@H]13. The summed E-state index contributed by atoms with van der Waals surface area (Å²) in [5, 5.41) is 0. The molecular weight excluding hydrogens is 268 g/mol. The number of hydrogen-bond donors (Lipinski definition) is 0. The Morgan fingerprint density at radius 2 is 2.14 bits per heavy atom. The van der Waals surface area contributed by atoms with Crippen LogP contribution in [-0.4, -0.2) is 30.6 Å². The van der Waals surface area contributed by atoms with Gasteiger partial charge in [0.2, 0.25) is 0 Å². The number of Topliss-reactive ketones (excluding diaryl/α,β-unsaturated/α-hetero) is 1. The van der Waals surface area contributed by atoms with Crippen molar-refractivity contribution in [3.05, 3.63) is 35.9 Å². The molecule has 0 bridgehead atoms. The van der Waals surface area contributed by atoms with E-state index in [1.807, 2.05) is 25.1 Å². The molecular formula is C17H18O4. The standard InChI is InChI=1S/C17H18O4/c1-10(21-16(19)11-5-3-2-4-6-11)15-14-12-7-8-13(18)17(12,14)9-20-15/h2-6,10,12,14-15H,7-9H2,1H3/t10-,12+,14-,15+,17-/m0/s1. The van der Waals surface area contributed by atoms with Gasteiger partial charge in [0, 0.05) is 12.3 Å². The summed E-state index contributed by atoms with van der Waals surface area (Å²) in [7, 11) is 0. The molecule has 2 aliphatic carbocycles. The van der Waals surface area contributed by atoms with Crippen LogP contribution >= 0.6 is 0 Å².